The Kier molecular flexibility index (Phi) is 15.8. The third-order valence-electron chi connectivity index (χ3n) is 18.2. The van der Waals surface area contributed by atoms with Crippen molar-refractivity contribution in [3.8, 4) is 23.3 Å². The molecule has 5 fully saturated rings. The fourth-order valence-corrected chi connectivity index (χ4v) is 14.6. The van der Waals surface area contributed by atoms with Gasteiger partial charge in [-0.2, -0.15) is 9.97 Å². The van der Waals surface area contributed by atoms with Gasteiger partial charge in [0.2, 0.25) is 5.88 Å². The van der Waals surface area contributed by atoms with Gasteiger partial charge in [0, 0.05) is 80.8 Å². The maximum absolute atomic E-state index is 14.9. The number of benzene rings is 3. The standard InChI is InChI=1S/C61H75N11O11S/c1-38(2)82-52-9-7-6-8-44(52)51-35-68(36-55-64-34-53(79-4)59(65-55)80-5)25-26-70(51)42-31-61(32-42)20-23-69(24-21-61)41-10-12-45(48(29-41)71-47-17-27-81-37-54(47)83-58-50(71)28-40-16-22-62-56(40)66-58)57(73)67-84(77,78)43-11-13-46(49(30-43)72(75)76)63-33-39-14-18-60(3,74)19-15-39/h6-13,16,22,28-30,34,38-39,42,47,51,54,63,74H,14-15,17-21,23-27,31-33,35-37H2,1-5H3,(H,62,66)(H,67,73)/t39?,47-,51+,54-,60?/m0/s1. The zero-order chi connectivity index (χ0) is 58.5. The number of piperidine rings is 1. The van der Waals surface area contributed by atoms with Crippen molar-refractivity contribution in [2.75, 3.05) is 81.8 Å². The van der Waals surface area contributed by atoms with Crippen LogP contribution >= 0.6 is 0 Å². The summed E-state index contributed by atoms with van der Waals surface area (Å²) in [4.78, 5) is 53.1. The number of hydrogen-bond donors (Lipinski definition) is 4. The number of nitro benzene ring substituents is 1. The van der Waals surface area contributed by atoms with Crippen LogP contribution in [0.3, 0.4) is 0 Å². The van der Waals surface area contributed by atoms with Gasteiger partial charge in [0.1, 0.15) is 34.7 Å². The van der Waals surface area contributed by atoms with E-state index >= 15 is 0 Å². The van der Waals surface area contributed by atoms with E-state index < -0.39 is 43.1 Å². The van der Waals surface area contributed by atoms with Gasteiger partial charge in [-0.3, -0.25) is 24.7 Å². The molecule has 1 spiro atoms. The van der Waals surface area contributed by atoms with E-state index in [-0.39, 0.29) is 47.4 Å². The molecule has 446 valence electrons. The van der Waals surface area contributed by atoms with Gasteiger partial charge in [0.25, 0.3) is 27.5 Å². The molecule has 1 amide bonds. The molecule has 84 heavy (non-hydrogen) atoms. The summed E-state index contributed by atoms with van der Waals surface area (Å²) >= 11 is 0. The summed E-state index contributed by atoms with van der Waals surface area (Å²) in [7, 11) is -1.50. The lowest BCUT2D eigenvalue weighted by molar-refractivity contribution is -0.384. The Morgan fingerprint density at radius 1 is 0.940 bits per heavy atom. The third-order valence-corrected chi connectivity index (χ3v) is 19.6. The van der Waals surface area contributed by atoms with E-state index in [4.69, 9.17) is 28.7 Å². The number of aliphatic hydroxyl groups is 1. The van der Waals surface area contributed by atoms with Crippen LogP contribution in [0.4, 0.5) is 28.4 Å². The second-order valence-electron chi connectivity index (χ2n) is 24.2. The van der Waals surface area contributed by atoms with E-state index in [2.05, 4.69) is 76.6 Å². The number of hydrogen-bond acceptors (Lipinski definition) is 19. The zero-order valence-electron chi connectivity index (χ0n) is 48.3. The highest BCUT2D eigenvalue weighted by Gasteiger charge is 2.51. The van der Waals surface area contributed by atoms with Crippen LogP contribution in [-0.2, 0) is 21.3 Å². The van der Waals surface area contributed by atoms with Gasteiger partial charge in [-0.15, -0.1) is 0 Å². The van der Waals surface area contributed by atoms with Crippen LogP contribution in [-0.4, -0.2) is 151 Å². The third kappa shape index (κ3) is 11.6. The van der Waals surface area contributed by atoms with Gasteiger partial charge in [-0.25, -0.2) is 18.1 Å². The number of nitrogens with zero attached hydrogens (tertiary/aromatic N) is 8. The van der Waals surface area contributed by atoms with Gasteiger partial charge in [-0.1, -0.05) is 18.2 Å². The second-order valence-corrected chi connectivity index (χ2v) is 25.9. The molecule has 0 unspecified atom stereocenters. The summed E-state index contributed by atoms with van der Waals surface area (Å²) in [5.41, 5.74) is 3.03. The minimum Gasteiger partial charge on any atom is -0.491 e. The summed E-state index contributed by atoms with van der Waals surface area (Å²) in [6.07, 6.45) is 10.4. The van der Waals surface area contributed by atoms with Gasteiger partial charge >= 0.3 is 0 Å². The van der Waals surface area contributed by atoms with Gasteiger partial charge in [0.05, 0.1) is 78.4 Å². The molecule has 2 saturated carbocycles. The number of nitrogens with one attached hydrogen (secondary N) is 3. The number of nitro groups is 1. The van der Waals surface area contributed by atoms with Crippen molar-refractivity contribution in [2.45, 2.75) is 126 Å². The predicted octanol–water partition coefficient (Wildman–Crippen LogP) is 8.53. The highest BCUT2D eigenvalue weighted by atomic mass is 32.2. The molecule has 22 nitrogen and oxygen atoms in total. The Morgan fingerprint density at radius 2 is 1.74 bits per heavy atom. The molecular formula is C61H75N11O11S. The molecule has 3 aromatic carbocycles. The predicted molar refractivity (Wildman–Crippen MR) is 316 cm³/mol. The van der Waals surface area contributed by atoms with Crippen LogP contribution in [0, 0.1) is 21.4 Å². The average molecular weight is 1170 g/mol. The van der Waals surface area contributed by atoms with Crippen LogP contribution in [0.15, 0.2) is 90.1 Å². The summed E-state index contributed by atoms with van der Waals surface area (Å²) < 4.78 is 60.8. The monoisotopic (exact) mass is 1170 g/mol. The van der Waals surface area contributed by atoms with Crippen molar-refractivity contribution in [2.24, 2.45) is 11.3 Å². The second kappa shape index (κ2) is 23.3. The van der Waals surface area contributed by atoms with Crippen molar-refractivity contribution in [3.05, 3.63) is 112 Å². The number of sulfonamides is 1. The number of carbonyl (C=O) groups excluding carboxylic acids is 1. The fourth-order valence-electron chi connectivity index (χ4n) is 13.6. The minimum absolute atomic E-state index is 0.0111. The first-order chi connectivity index (χ1) is 40.5. The summed E-state index contributed by atoms with van der Waals surface area (Å²) in [6, 6.07) is 21.6. The summed E-state index contributed by atoms with van der Waals surface area (Å²) in [5.74, 6) is 2.10. The zero-order valence-corrected chi connectivity index (χ0v) is 49.1. The number of para-hydroxylation sites is 1. The Bertz CT molecular complexity index is 3520. The number of H-pyrrole nitrogens is 1. The lowest BCUT2D eigenvalue weighted by atomic mass is 9.59. The number of fused-ring (bicyclic) bond motifs is 3. The summed E-state index contributed by atoms with van der Waals surface area (Å²) in [5, 5.41) is 26.9. The number of aromatic amines is 1. The normalized spacial score (nSPS) is 23.8. The molecular weight excluding hydrogens is 1090 g/mol. The number of aromatic nitrogens is 4. The quantitative estimate of drug-likeness (QED) is 0.0493. The minimum atomic E-state index is -4.66. The molecule has 7 heterocycles. The highest BCUT2D eigenvalue weighted by molar-refractivity contribution is 7.90. The van der Waals surface area contributed by atoms with Crippen molar-refractivity contribution >= 4 is 55.4 Å². The lowest BCUT2D eigenvalue weighted by Gasteiger charge is -2.58. The molecule has 0 radical (unpaired) electrons. The largest absolute Gasteiger partial charge is 0.491 e. The van der Waals surface area contributed by atoms with Gasteiger partial charge < -0.3 is 48.9 Å². The van der Waals surface area contributed by atoms with Crippen LogP contribution in [0.5, 0.6) is 23.3 Å². The topological polar surface area (TPSA) is 252 Å². The molecule has 23 heteroatoms. The molecule has 3 atom stereocenters. The van der Waals surface area contributed by atoms with E-state index in [1.165, 1.54) is 17.7 Å². The van der Waals surface area contributed by atoms with Gasteiger partial charge in [0.15, 0.2) is 5.75 Å². The first-order valence-corrected chi connectivity index (χ1v) is 30.8. The number of carbonyl (C=O) groups is 1. The number of pyridine rings is 1. The molecule has 3 saturated heterocycles. The van der Waals surface area contributed by atoms with Crippen molar-refractivity contribution in [1.29, 1.82) is 0 Å². The lowest BCUT2D eigenvalue weighted by Crippen LogP contribution is -2.59. The van der Waals surface area contributed by atoms with Gasteiger partial charge in [-0.05, 0) is 138 Å². The number of methoxy groups -OCH3 is 2. The van der Waals surface area contributed by atoms with Crippen LogP contribution in [0.2, 0.25) is 0 Å². The maximum Gasteiger partial charge on any atom is 0.293 e. The van der Waals surface area contributed by atoms with Crippen LogP contribution in [0.1, 0.15) is 106 Å². The Morgan fingerprint density at radius 3 is 2.50 bits per heavy atom. The summed E-state index contributed by atoms with van der Waals surface area (Å²) in [6.45, 7) is 11.7. The van der Waals surface area contributed by atoms with E-state index in [9.17, 15) is 28.4 Å². The molecule has 4 N–H and O–H groups in total. The molecule has 0 bridgehead atoms. The molecule has 6 aliphatic rings. The van der Waals surface area contributed by atoms with E-state index in [0.29, 0.717) is 85.4 Å². The molecule has 3 aromatic heterocycles. The van der Waals surface area contributed by atoms with E-state index in [1.807, 2.05) is 37.3 Å². The average Bonchev–Trinajstić information content (AvgIpc) is 1.20. The SMILES string of the molecule is COc1cnc(CN2CCN(C3CC4(CCN(c5ccc(C(=O)NS(=O)(=O)c6ccc(NCC7CCC(C)(O)CC7)c([N+](=O)[O-])c6)c(N6c7cc8cc[nH]c8nc7O[C@H]7COCC[C@@H]76)c5)CC4)C3)[C@@H](c3ccccc3OC(C)C)C2)nc1OC. The van der Waals surface area contributed by atoms with Crippen LogP contribution < -0.4 is 38.8 Å². The molecule has 6 aromatic rings. The number of anilines is 4. The molecule has 2 aliphatic carbocycles. The van der Waals surface area contributed by atoms with Crippen LogP contribution in [0.25, 0.3) is 11.0 Å². The number of ether oxygens (including phenoxy) is 5. The number of rotatable bonds is 17. The molecule has 12 rings (SSSR count). The highest BCUT2D eigenvalue weighted by Crippen LogP contribution is 2.54. The van der Waals surface area contributed by atoms with Crippen molar-refractivity contribution in [1.82, 2.24) is 34.5 Å². The van der Waals surface area contributed by atoms with E-state index in [1.54, 1.807) is 32.7 Å². The number of amides is 1. The first kappa shape index (κ1) is 57.1. The Hall–Kier alpha value is -7.31. The molecule has 4 aliphatic heterocycles. The van der Waals surface area contributed by atoms with Crippen molar-refractivity contribution in [3.63, 3.8) is 0 Å². The Balaban J connectivity index is 0.796. The maximum atomic E-state index is 14.9. The van der Waals surface area contributed by atoms with Crippen molar-refractivity contribution < 1.29 is 46.9 Å². The fraction of sp³-hybridized carbons (Fsp3) is 0.508. The number of piperazine rings is 1. The van der Waals surface area contributed by atoms with E-state index in [0.717, 1.165) is 94.1 Å². The first-order valence-electron chi connectivity index (χ1n) is 29.4. The smallest absolute Gasteiger partial charge is 0.293 e. The Labute approximate surface area is 489 Å².